The minimum atomic E-state index is 0.0109. The smallest absolute Gasteiger partial charge is 0.220 e. The Bertz CT molecular complexity index is 424. The number of nitrogens with two attached hydrogens (primary N) is 1. The molecule has 0 aliphatic rings. The maximum Gasteiger partial charge on any atom is 0.220 e. The summed E-state index contributed by atoms with van der Waals surface area (Å²) in [6, 6.07) is 5.65. The maximum absolute atomic E-state index is 11.6. The quantitative estimate of drug-likeness (QED) is 0.522. The van der Waals surface area contributed by atoms with Crippen LogP contribution in [0.2, 0.25) is 0 Å². The molecule has 0 bridgehead atoms. The highest BCUT2D eigenvalue weighted by Gasteiger charge is 2.06. The first-order chi connectivity index (χ1) is 9.71. The van der Waals surface area contributed by atoms with Gasteiger partial charge in [-0.3, -0.25) is 4.79 Å². The minimum absolute atomic E-state index is 0.0109. The number of nitrogens with one attached hydrogen (secondary N) is 1. The van der Waals surface area contributed by atoms with Crippen LogP contribution < -0.4 is 20.7 Å². The molecule has 1 aromatic rings. The lowest BCUT2D eigenvalue weighted by Crippen LogP contribution is -2.25. The van der Waals surface area contributed by atoms with E-state index in [1.807, 2.05) is 18.2 Å². The number of carbonyl (C=O) groups is 1. The largest absolute Gasteiger partial charge is 0.493 e. The fourth-order valence-electron chi connectivity index (χ4n) is 1.77. The van der Waals surface area contributed by atoms with Crippen molar-refractivity contribution in [1.82, 2.24) is 5.32 Å². The average Bonchev–Trinajstić information content (AvgIpc) is 2.49. The van der Waals surface area contributed by atoms with E-state index in [1.165, 1.54) is 0 Å². The minimum Gasteiger partial charge on any atom is -0.493 e. The highest BCUT2D eigenvalue weighted by molar-refractivity contribution is 5.76. The van der Waals surface area contributed by atoms with Gasteiger partial charge in [0.25, 0.3) is 0 Å². The predicted octanol–water partition coefficient (Wildman–Crippen LogP) is 1.03. The summed E-state index contributed by atoms with van der Waals surface area (Å²) in [7, 11) is 3.18. The highest BCUT2D eigenvalue weighted by atomic mass is 16.6. The molecule has 0 aliphatic heterocycles. The van der Waals surface area contributed by atoms with Gasteiger partial charge in [-0.2, -0.15) is 0 Å². The SMILES string of the molecule is COc1ccc(CCC(=O)NCCCON)cc1OC. The molecule has 0 spiro atoms. The third-order valence-electron chi connectivity index (χ3n) is 2.85. The Kier molecular flexibility index (Phi) is 7.46. The summed E-state index contributed by atoms with van der Waals surface area (Å²) in [5, 5.41) is 2.81. The van der Waals surface area contributed by atoms with Crippen LogP contribution in [0.25, 0.3) is 0 Å². The number of rotatable bonds is 9. The van der Waals surface area contributed by atoms with Gasteiger partial charge in [-0.05, 0) is 30.5 Å². The summed E-state index contributed by atoms with van der Waals surface area (Å²) >= 11 is 0. The third kappa shape index (κ3) is 5.46. The molecular formula is C14H22N2O4. The van der Waals surface area contributed by atoms with Gasteiger partial charge < -0.3 is 19.6 Å². The third-order valence-corrected chi connectivity index (χ3v) is 2.85. The second-order valence-corrected chi connectivity index (χ2v) is 4.26. The molecule has 0 saturated carbocycles. The van der Waals surface area contributed by atoms with E-state index in [0.717, 1.165) is 5.56 Å². The lowest BCUT2D eigenvalue weighted by molar-refractivity contribution is -0.121. The van der Waals surface area contributed by atoms with Gasteiger partial charge in [0.05, 0.1) is 20.8 Å². The van der Waals surface area contributed by atoms with E-state index in [2.05, 4.69) is 10.2 Å². The molecule has 6 nitrogen and oxygen atoms in total. The average molecular weight is 282 g/mol. The Morgan fingerprint density at radius 3 is 2.65 bits per heavy atom. The Morgan fingerprint density at radius 1 is 1.25 bits per heavy atom. The fourth-order valence-corrected chi connectivity index (χ4v) is 1.77. The number of methoxy groups -OCH3 is 2. The lowest BCUT2D eigenvalue weighted by Gasteiger charge is -2.09. The zero-order valence-electron chi connectivity index (χ0n) is 12.0. The Balaban J connectivity index is 2.39. The maximum atomic E-state index is 11.6. The fraction of sp³-hybridized carbons (Fsp3) is 0.500. The molecule has 1 aromatic carbocycles. The number of carbonyl (C=O) groups excluding carboxylic acids is 1. The van der Waals surface area contributed by atoms with Crippen molar-refractivity contribution in [3.8, 4) is 11.5 Å². The van der Waals surface area contributed by atoms with Gasteiger partial charge in [-0.1, -0.05) is 6.07 Å². The van der Waals surface area contributed by atoms with Crippen LogP contribution in [-0.2, 0) is 16.1 Å². The van der Waals surface area contributed by atoms with Crippen LogP contribution in [-0.4, -0.2) is 33.3 Å². The van der Waals surface area contributed by atoms with E-state index in [4.69, 9.17) is 15.4 Å². The van der Waals surface area contributed by atoms with Crippen LogP contribution in [0.15, 0.2) is 18.2 Å². The number of aryl methyl sites for hydroxylation is 1. The number of benzene rings is 1. The summed E-state index contributed by atoms with van der Waals surface area (Å²) in [4.78, 5) is 16.0. The van der Waals surface area contributed by atoms with Crippen LogP contribution >= 0.6 is 0 Å². The van der Waals surface area contributed by atoms with Crippen LogP contribution in [0, 0.1) is 0 Å². The molecule has 6 heteroatoms. The van der Waals surface area contributed by atoms with Gasteiger partial charge in [-0.15, -0.1) is 0 Å². The molecule has 0 unspecified atom stereocenters. The molecule has 3 N–H and O–H groups in total. The molecule has 0 heterocycles. The molecule has 0 aromatic heterocycles. The molecule has 0 aliphatic carbocycles. The van der Waals surface area contributed by atoms with E-state index in [9.17, 15) is 4.79 Å². The van der Waals surface area contributed by atoms with Crippen molar-refractivity contribution in [1.29, 1.82) is 0 Å². The summed E-state index contributed by atoms with van der Waals surface area (Å²) in [5.41, 5.74) is 1.03. The van der Waals surface area contributed by atoms with Gasteiger partial charge in [0.2, 0.25) is 5.91 Å². The monoisotopic (exact) mass is 282 g/mol. The van der Waals surface area contributed by atoms with Crippen LogP contribution in [0.1, 0.15) is 18.4 Å². The highest BCUT2D eigenvalue weighted by Crippen LogP contribution is 2.27. The van der Waals surface area contributed by atoms with Crippen LogP contribution in [0.3, 0.4) is 0 Å². The Hall–Kier alpha value is -1.79. The zero-order chi connectivity index (χ0) is 14.8. The Labute approximate surface area is 119 Å². The van der Waals surface area contributed by atoms with Crippen molar-refractivity contribution < 1.29 is 19.1 Å². The first kappa shape index (κ1) is 16.3. The summed E-state index contributed by atoms with van der Waals surface area (Å²) in [5.74, 6) is 6.26. The van der Waals surface area contributed by atoms with Gasteiger partial charge in [0, 0.05) is 13.0 Å². The van der Waals surface area contributed by atoms with E-state index >= 15 is 0 Å². The van der Waals surface area contributed by atoms with Gasteiger partial charge in [0.1, 0.15) is 0 Å². The van der Waals surface area contributed by atoms with Gasteiger partial charge >= 0.3 is 0 Å². The van der Waals surface area contributed by atoms with Crippen molar-refractivity contribution in [3.05, 3.63) is 23.8 Å². The molecule has 1 amide bonds. The molecule has 0 saturated heterocycles. The van der Waals surface area contributed by atoms with Crippen molar-refractivity contribution in [2.45, 2.75) is 19.3 Å². The topological polar surface area (TPSA) is 82.8 Å². The van der Waals surface area contributed by atoms with Crippen molar-refractivity contribution in [2.75, 3.05) is 27.4 Å². The molecule has 0 radical (unpaired) electrons. The second kappa shape index (κ2) is 9.17. The molecule has 0 atom stereocenters. The molecule has 20 heavy (non-hydrogen) atoms. The molecule has 0 fully saturated rings. The van der Waals surface area contributed by atoms with E-state index < -0.39 is 0 Å². The number of ether oxygens (including phenoxy) is 2. The predicted molar refractivity (Wildman–Crippen MR) is 75.6 cm³/mol. The van der Waals surface area contributed by atoms with Crippen molar-refractivity contribution in [2.24, 2.45) is 5.90 Å². The molecule has 1 rings (SSSR count). The zero-order valence-corrected chi connectivity index (χ0v) is 12.0. The number of hydrogen-bond donors (Lipinski definition) is 2. The number of hydrogen-bond acceptors (Lipinski definition) is 5. The Morgan fingerprint density at radius 2 is 2.00 bits per heavy atom. The van der Waals surface area contributed by atoms with Crippen molar-refractivity contribution >= 4 is 5.91 Å². The summed E-state index contributed by atoms with van der Waals surface area (Å²) < 4.78 is 10.4. The molecule has 112 valence electrons. The normalized spacial score (nSPS) is 10.2. The summed E-state index contributed by atoms with van der Waals surface area (Å²) in [6.45, 7) is 1.01. The van der Waals surface area contributed by atoms with E-state index in [0.29, 0.717) is 43.9 Å². The van der Waals surface area contributed by atoms with Gasteiger partial charge in [0.15, 0.2) is 11.5 Å². The van der Waals surface area contributed by atoms with E-state index in [-0.39, 0.29) is 5.91 Å². The standard InChI is InChI=1S/C14H22N2O4/c1-18-12-6-4-11(10-13(12)19-2)5-7-14(17)16-8-3-9-20-15/h4,6,10H,3,5,7-9,15H2,1-2H3,(H,16,17). The molecular weight excluding hydrogens is 260 g/mol. The van der Waals surface area contributed by atoms with Gasteiger partial charge in [-0.25, -0.2) is 5.90 Å². The van der Waals surface area contributed by atoms with Crippen molar-refractivity contribution in [3.63, 3.8) is 0 Å². The summed E-state index contributed by atoms with van der Waals surface area (Å²) in [6.07, 6.45) is 1.79. The van der Waals surface area contributed by atoms with Crippen LogP contribution in [0.4, 0.5) is 0 Å². The first-order valence-electron chi connectivity index (χ1n) is 6.50. The number of amides is 1. The van der Waals surface area contributed by atoms with Crippen LogP contribution in [0.5, 0.6) is 11.5 Å². The lowest BCUT2D eigenvalue weighted by atomic mass is 10.1. The van der Waals surface area contributed by atoms with E-state index in [1.54, 1.807) is 14.2 Å². The first-order valence-corrected chi connectivity index (χ1v) is 6.50. The second-order valence-electron chi connectivity index (χ2n) is 4.26.